The molecule has 26 heavy (non-hydrogen) atoms. The number of rotatable bonds is 6. The molecule has 0 N–H and O–H groups in total. The first-order valence-electron chi connectivity index (χ1n) is 9.50. The maximum Gasteiger partial charge on any atom is 0.184 e. The Balaban J connectivity index is 2.20. The van der Waals surface area contributed by atoms with Crippen LogP contribution in [0.2, 0.25) is 0 Å². The fourth-order valence-electron chi connectivity index (χ4n) is 4.08. The molecule has 2 aromatic rings. The van der Waals surface area contributed by atoms with Crippen LogP contribution in [0.1, 0.15) is 51.7 Å². The highest BCUT2D eigenvalue weighted by Crippen LogP contribution is 2.52. The zero-order valence-electron chi connectivity index (χ0n) is 16.1. The Bertz CT molecular complexity index is 741. The van der Waals surface area contributed by atoms with Gasteiger partial charge < -0.3 is 9.47 Å². The smallest absolute Gasteiger partial charge is 0.184 e. The average Bonchev–Trinajstić information content (AvgIpc) is 2.92. The van der Waals surface area contributed by atoms with Gasteiger partial charge in [0.25, 0.3) is 0 Å². The topological polar surface area (TPSA) is 35.5 Å². The molecule has 0 bridgehead atoms. The molecule has 0 aromatic heterocycles. The first kappa shape index (κ1) is 18.8. The van der Waals surface area contributed by atoms with Crippen LogP contribution in [0.25, 0.3) is 0 Å². The van der Waals surface area contributed by atoms with Gasteiger partial charge in [-0.3, -0.25) is 4.79 Å². The van der Waals surface area contributed by atoms with E-state index in [-0.39, 0.29) is 11.9 Å². The first-order chi connectivity index (χ1) is 12.5. The van der Waals surface area contributed by atoms with Crippen molar-refractivity contribution in [1.29, 1.82) is 0 Å². The van der Waals surface area contributed by atoms with Crippen molar-refractivity contribution in [3.63, 3.8) is 0 Å². The van der Waals surface area contributed by atoms with Crippen LogP contribution in [-0.4, -0.2) is 18.2 Å². The molecule has 1 fully saturated rings. The molecule has 2 aromatic carbocycles. The summed E-state index contributed by atoms with van der Waals surface area (Å²) in [6, 6.07) is 19.8. The van der Waals surface area contributed by atoms with Gasteiger partial charge >= 0.3 is 0 Å². The van der Waals surface area contributed by atoms with Crippen LogP contribution in [0.4, 0.5) is 0 Å². The molecule has 0 unspecified atom stereocenters. The molecular weight excluding hydrogens is 324 g/mol. The van der Waals surface area contributed by atoms with E-state index in [1.165, 1.54) is 0 Å². The molecule has 3 rings (SSSR count). The van der Waals surface area contributed by atoms with E-state index in [2.05, 4.69) is 0 Å². The SMILES string of the molecule is CC[C@@]1(c2ccccc2)O[C@H](OC(C)C)[C@@](CC)(c2ccccc2)C1=O. The number of ether oxygens (including phenoxy) is 2. The molecule has 3 heteroatoms. The molecule has 0 amide bonds. The Kier molecular flexibility index (Phi) is 5.31. The second-order valence-electron chi connectivity index (χ2n) is 7.20. The Hall–Kier alpha value is -1.97. The molecule has 138 valence electrons. The Labute approximate surface area is 156 Å². The molecule has 3 nitrogen and oxygen atoms in total. The van der Waals surface area contributed by atoms with Crippen molar-refractivity contribution in [3.8, 4) is 0 Å². The van der Waals surface area contributed by atoms with Crippen LogP contribution >= 0.6 is 0 Å². The average molecular weight is 352 g/mol. The fourth-order valence-corrected chi connectivity index (χ4v) is 4.08. The molecule has 0 spiro atoms. The van der Waals surface area contributed by atoms with Crippen LogP contribution in [0.15, 0.2) is 60.7 Å². The lowest BCUT2D eigenvalue weighted by atomic mass is 9.69. The molecule has 0 aliphatic carbocycles. The summed E-state index contributed by atoms with van der Waals surface area (Å²) in [6.07, 6.45) is 0.554. The molecule has 1 heterocycles. The van der Waals surface area contributed by atoms with E-state index in [0.29, 0.717) is 12.8 Å². The van der Waals surface area contributed by atoms with Crippen molar-refractivity contribution in [2.24, 2.45) is 0 Å². The third kappa shape index (κ3) is 2.80. The van der Waals surface area contributed by atoms with Gasteiger partial charge in [0, 0.05) is 0 Å². The Morgan fingerprint density at radius 3 is 1.92 bits per heavy atom. The Morgan fingerprint density at radius 2 is 1.46 bits per heavy atom. The normalized spacial score (nSPS) is 28.7. The standard InChI is InChI=1S/C23H28O3/c1-5-22(18-13-9-7-10-14-18)20(24)23(6-2,19-15-11-8-12-16-19)26-21(22)25-17(3)4/h7-17,21H,5-6H2,1-4H3/t21-,22-,23-/m0/s1. The van der Waals surface area contributed by atoms with Crippen molar-refractivity contribution >= 4 is 5.78 Å². The van der Waals surface area contributed by atoms with Gasteiger partial charge in [0.15, 0.2) is 17.7 Å². The van der Waals surface area contributed by atoms with E-state index in [9.17, 15) is 4.79 Å². The minimum Gasteiger partial charge on any atom is -0.348 e. The molecule has 1 aliphatic rings. The van der Waals surface area contributed by atoms with E-state index in [0.717, 1.165) is 11.1 Å². The molecule has 0 saturated carbocycles. The lowest BCUT2D eigenvalue weighted by Gasteiger charge is -2.32. The highest BCUT2D eigenvalue weighted by atomic mass is 16.7. The van der Waals surface area contributed by atoms with Crippen molar-refractivity contribution in [2.75, 3.05) is 0 Å². The summed E-state index contributed by atoms with van der Waals surface area (Å²) in [7, 11) is 0. The van der Waals surface area contributed by atoms with Crippen molar-refractivity contribution in [1.82, 2.24) is 0 Å². The van der Waals surface area contributed by atoms with Gasteiger partial charge in [-0.25, -0.2) is 0 Å². The van der Waals surface area contributed by atoms with E-state index in [1.807, 2.05) is 88.4 Å². The summed E-state index contributed by atoms with van der Waals surface area (Å²) in [5.74, 6) is 0.0954. The predicted molar refractivity (Wildman–Crippen MR) is 103 cm³/mol. The highest BCUT2D eigenvalue weighted by molar-refractivity contribution is 6.00. The van der Waals surface area contributed by atoms with Crippen molar-refractivity contribution < 1.29 is 14.3 Å². The fraction of sp³-hybridized carbons (Fsp3) is 0.435. The Morgan fingerprint density at radius 1 is 0.923 bits per heavy atom. The minimum absolute atomic E-state index is 0.0362. The van der Waals surface area contributed by atoms with E-state index in [1.54, 1.807) is 0 Å². The van der Waals surface area contributed by atoms with Crippen LogP contribution in [0.5, 0.6) is 0 Å². The van der Waals surface area contributed by atoms with E-state index in [4.69, 9.17) is 9.47 Å². The largest absolute Gasteiger partial charge is 0.348 e. The first-order valence-corrected chi connectivity index (χ1v) is 9.50. The maximum absolute atomic E-state index is 14.0. The molecule has 3 atom stereocenters. The summed E-state index contributed by atoms with van der Waals surface area (Å²) in [5, 5.41) is 0. The van der Waals surface area contributed by atoms with E-state index < -0.39 is 17.3 Å². The van der Waals surface area contributed by atoms with Crippen molar-refractivity contribution in [3.05, 3.63) is 71.8 Å². The zero-order valence-corrected chi connectivity index (χ0v) is 16.1. The number of Topliss-reactive ketones (excluding diaryl/α,β-unsaturated/α-hetero) is 1. The zero-order chi connectivity index (χ0) is 18.8. The monoisotopic (exact) mass is 352 g/mol. The van der Waals surface area contributed by atoms with E-state index >= 15 is 0 Å². The van der Waals surface area contributed by atoms with Crippen LogP contribution in [0.3, 0.4) is 0 Å². The lowest BCUT2D eigenvalue weighted by Crippen LogP contribution is -2.45. The summed E-state index contributed by atoms with van der Waals surface area (Å²) >= 11 is 0. The summed E-state index contributed by atoms with van der Waals surface area (Å²) < 4.78 is 12.7. The maximum atomic E-state index is 14.0. The number of hydrogen-bond acceptors (Lipinski definition) is 3. The van der Waals surface area contributed by atoms with Gasteiger partial charge in [0.2, 0.25) is 0 Å². The van der Waals surface area contributed by atoms with Gasteiger partial charge in [0.05, 0.1) is 6.10 Å². The number of benzene rings is 2. The number of hydrogen-bond donors (Lipinski definition) is 0. The summed E-state index contributed by atoms with van der Waals surface area (Å²) in [5.41, 5.74) is 0.0739. The predicted octanol–water partition coefficient (Wildman–Crippen LogP) is 4.99. The van der Waals surface area contributed by atoms with Gasteiger partial charge in [-0.1, -0.05) is 74.5 Å². The van der Waals surface area contributed by atoms with Gasteiger partial charge in [-0.05, 0) is 37.8 Å². The molecule has 1 saturated heterocycles. The van der Waals surface area contributed by atoms with Gasteiger partial charge in [-0.15, -0.1) is 0 Å². The third-order valence-electron chi connectivity index (χ3n) is 5.46. The van der Waals surface area contributed by atoms with Gasteiger partial charge in [-0.2, -0.15) is 0 Å². The minimum atomic E-state index is -0.979. The quantitative estimate of drug-likeness (QED) is 0.735. The summed E-state index contributed by atoms with van der Waals surface area (Å²) in [6.45, 7) is 8.01. The van der Waals surface area contributed by atoms with Gasteiger partial charge in [0.1, 0.15) is 5.41 Å². The molecule has 0 radical (unpaired) electrons. The second kappa shape index (κ2) is 7.34. The second-order valence-corrected chi connectivity index (χ2v) is 7.20. The number of ketones is 1. The molecular formula is C23H28O3. The highest BCUT2D eigenvalue weighted by Gasteiger charge is 2.64. The summed E-state index contributed by atoms with van der Waals surface area (Å²) in [4.78, 5) is 14.0. The van der Waals surface area contributed by atoms with Crippen LogP contribution < -0.4 is 0 Å². The van der Waals surface area contributed by atoms with Crippen molar-refractivity contribution in [2.45, 2.75) is 63.9 Å². The van der Waals surface area contributed by atoms with Crippen LogP contribution in [-0.2, 0) is 25.3 Å². The van der Waals surface area contributed by atoms with Crippen LogP contribution in [0, 0.1) is 0 Å². The molecule has 1 aliphatic heterocycles. The number of carbonyl (C=O) groups is 1. The number of carbonyl (C=O) groups excluding carboxylic acids is 1. The lowest BCUT2D eigenvalue weighted by molar-refractivity contribution is -0.205. The third-order valence-corrected chi connectivity index (χ3v) is 5.46.